The van der Waals surface area contributed by atoms with Gasteiger partial charge in [0.05, 0.1) is 5.38 Å². The topological polar surface area (TPSA) is 0 Å². The zero-order valence-corrected chi connectivity index (χ0v) is 16.2. The van der Waals surface area contributed by atoms with Crippen molar-refractivity contribution < 1.29 is 0 Å². The van der Waals surface area contributed by atoms with Gasteiger partial charge in [0.15, 0.2) is 0 Å². The Kier molecular flexibility index (Phi) is 7.35. The smallest absolute Gasteiger partial charge is 0.0835 e. The van der Waals surface area contributed by atoms with E-state index in [4.69, 9.17) is 11.6 Å². The van der Waals surface area contributed by atoms with Gasteiger partial charge in [0, 0.05) is 0 Å². The fourth-order valence-corrected chi connectivity index (χ4v) is 2.44. The number of hydrogen-bond donors (Lipinski definition) is 0. The zero-order chi connectivity index (χ0) is 17.6. The summed E-state index contributed by atoms with van der Waals surface area (Å²) in [5, 5.41) is -0.155. The van der Waals surface area contributed by atoms with E-state index >= 15 is 0 Å². The predicted molar refractivity (Wildman–Crippen MR) is 105 cm³/mol. The first-order chi connectivity index (χ1) is 10.7. The second-order valence-corrected chi connectivity index (χ2v) is 8.04. The number of alkyl halides is 1. The molecule has 0 radical (unpaired) electrons. The SMILES string of the molecule is C=C/C=C(\C=C/C(C)C(C)(C)C)C(Cl)c1ccc(C(C)C)cc1. The summed E-state index contributed by atoms with van der Waals surface area (Å²) in [4.78, 5) is 0. The Bertz CT molecular complexity index is 553. The molecule has 23 heavy (non-hydrogen) atoms. The largest absolute Gasteiger partial charge is 0.113 e. The van der Waals surface area contributed by atoms with Crippen LogP contribution in [-0.4, -0.2) is 0 Å². The average Bonchev–Trinajstić information content (AvgIpc) is 2.49. The predicted octanol–water partition coefficient (Wildman–Crippen LogP) is 7.44. The van der Waals surface area contributed by atoms with Crippen molar-refractivity contribution in [3.63, 3.8) is 0 Å². The van der Waals surface area contributed by atoms with E-state index in [1.165, 1.54) is 5.56 Å². The van der Waals surface area contributed by atoms with Gasteiger partial charge in [0.1, 0.15) is 0 Å². The molecule has 1 aromatic rings. The van der Waals surface area contributed by atoms with Crippen LogP contribution >= 0.6 is 11.6 Å². The molecule has 0 heterocycles. The highest BCUT2D eigenvalue weighted by atomic mass is 35.5. The highest BCUT2D eigenvalue weighted by Gasteiger charge is 2.18. The molecule has 0 aliphatic rings. The molecule has 2 unspecified atom stereocenters. The van der Waals surface area contributed by atoms with Gasteiger partial charge in [-0.3, -0.25) is 0 Å². The molecule has 126 valence electrons. The number of allylic oxidation sites excluding steroid dienone is 5. The van der Waals surface area contributed by atoms with E-state index in [0.717, 1.165) is 11.1 Å². The maximum absolute atomic E-state index is 6.71. The third-order valence-corrected chi connectivity index (χ3v) is 4.95. The molecule has 2 atom stereocenters. The number of rotatable bonds is 6. The summed E-state index contributed by atoms with van der Waals surface area (Å²) in [6.07, 6.45) is 8.19. The highest BCUT2D eigenvalue weighted by Crippen LogP contribution is 2.32. The van der Waals surface area contributed by atoms with Crippen LogP contribution < -0.4 is 0 Å². The van der Waals surface area contributed by atoms with Gasteiger partial charge in [-0.15, -0.1) is 11.6 Å². The summed E-state index contributed by atoms with van der Waals surface area (Å²) in [7, 11) is 0. The van der Waals surface area contributed by atoms with E-state index in [1.807, 2.05) is 6.08 Å². The molecule has 0 saturated carbocycles. The third-order valence-electron chi connectivity index (χ3n) is 4.44. The normalized spacial score (nSPS) is 15.9. The Labute approximate surface area is 148 Å². The molecule has 1 rings (SSSR count). The molecule has 0 spiro atoms. The lowest BCUT2D eigenvalue weighted by Crippen LogP contribution is -2.14. The van der Waals surface area contributed by atoms with Crippen LogP contribution in [0.4, 0.5) is 0 Å². The molecular weight excluding hydrogens is 300 g/mol. The lowest BCUT2D eigenvalue weighted by molar-refractivity contribution is 0.314. The monoisotopic (exact) mass is 330 g/mol. The van der Waals surface area contributed by atoms with Crippen LogP contribution in [-0.2, 0) is 0 Å². The van der Waals surface area contributed by atoms with Crippen LogP contribution in [0.5, 0.6) is 0 Å². The van der Waals surface area contributed by atoms with Crippen molar-refractivity contribution in [2.45, 2.75) is 52.8 Å². The van der Waals surface area contributed by atoms with E-state index in [-0.39, 0.29) is 10.8 Å². The molecule has 0 bridgehead atoms. The Morgan fingerprint density at radius 3 is 2.00 bits per heavy atom. The second kappa shape index (κ2) is 8.55. The van der Waals surface area contributed by atoms with Crippen molar-refractivity contribution in [2.24, 2.45) is 11.3 Å². The molecule has 0 N–H and O–H groups in total. The molecule has 1 aromatic carbocycles. The lowest BCUT2D eigenvalue weighted by Gasteiger charge is -2.24. The summed E-state index contributed by atoms with van der Waals surface area (Å²) in [5.41, 5.74) is 3.78. The van der Waals surface area contributed by atoms with Gasteiger partial charge in [0.25, 0.3) is 0 Å². The van der Waals surface area contributed by atoms with E-state index in [9.17, 15) is 0 Å². The van der Waals surface area contributed by atoms with E-state index in [1.54, 1.807) is 6.08 Å². The van der Waals surface area contributed by atoms with Gasteiger partial charge in [-0.1, -0.05) is 96.7 Å². The zero-order valence-electron chi connectivity index (χ0n) is 15.4. The van der Waals surface area contributed by atoms with E-state index < -0.39 is 0 Å². The molecule has 0 amide bonds. The molecule has 0 aliphatic heterocycles. The second-order valence-electron chi connectivity index (χ2n) is 7.60. The van der Waals surface area contributed by atoms with E-state index in [2.05, 4.69) is 84.5 Å². The summed E-state index contributed by atoms with van der Waals surface area (Å²) < 4.78 is 0. The Morgan fingerprint density at radius 1 is 1.04 bits per heavy atom. The first kappa shape index (κ1) is 19.8. The van der Waals surface area contributed by atoms with Gasteiger partial charge in [-0.25, -0.2) is 0 Å². The van der Waals surface area contributed by atoms with Gasteiger partial charge in [-0.05, 0) is 34.0 Å². The van der Waals surface area contributed by atoms with Gasteiger partial charge in [-0.2, -0.15) is 0 Å². The minimum absolute atomic E-state index is 0.155. The minimum atomic E-state index is -0.155. The molecule has 0 aliphatic carbocycles. The molecule has 0 aromatic heterocycles. The first-order valence-electron chi connectivity index (χ1n) is 8.41. The van der Waals surface area contributed by atoms with Crippen LogP contribution in [0, 0.1) is 11.3 Å². The van der Waals surface area contributed by atoms with Crippen molar-refractivity contribution in [1.29, 1.82) is 0 Å². The first-order valence-corrected chi connectivity index (χ1v) is 8.85. The summed E-state index contributed by atoms with van der Waals surface area (Å²) in [6.45, 7) is 17.2. The fourth-order valence-electron chi connectivity index (χ4n) is 2.15. The minimum Gasteiger partial charge on any atom is -0.113 e. The lowest BCUT2D eigenvalue weighted by atomic mass is 9.81. The van der Waals surface area contributed by atoms with Gasteiger partial charge >= 0.3 is 0 Å². The van der Waals surface area contributed by atoms with Crippen LogP contribution in [0.25, 0.3) is 0 Å². The van der Waals surface area contributed by atoms with Crippen molar-refractivity contribution in [3.8, 4) is 0 Å². The molecular formula is C22H31Cl. The van der Waals surface area contributed by atoms with Crippen LogP contribution in [0.2, 0.25) is 0 Å². The molecule has 0 fully saturated rings. The highest BCUT2D eigenvalue weighted by molar-refractivity contribution is 6.22. The average molecular weight is 331 g/mol. The van der Waals surface area contributed by atoms with Crippen LogP contribution in [0.1, 0.15) is 64.0 Å². The maximum atomic E-state index is 6.71. The van der Waals surface area contributed by atoms with Crippen LogP contribution in [0.3, 0.4) is 0 Å². The quantitative estimate of drug-likeness (QED) is 0.375. The number of halogens is 1. The van der Waals surface area contributed by atoms with Crippen molar-refractivity contribution in [2.75, 3.05) is 0 Å². The van der Waals surface area contributed by atoms with Gasteiger partial charge in [0.2, 0.25) is 0 Å². The van der Waals surface area contributed by atoms with Crippen LogP contribution in [0.15, 0.2) is 60.7 Å². The Morgan fingerprint density at radius 2 is 1.57 bits per heavy atom. The van der Waals surface area contributed by atoms with E-state index in [0.29, 0.717) is 11.8 Å². The van der Waals surface area contributed by atoms with Crippen molar-refractivity contribution in [1.82, 2.24) is 0 Å². The molecule has 0 nitrogen and oxygen atoms in total. The maximum Gasteiger partial charge on any atom is 0.0835 e. The molecule has 0 saturated heterocycles. The molecule has 1 heteroatoms. The van der Waals surface area contributed by atoms with Crippen molar-refractivity contribution >= 4 is 11.6 Å². The fraction of sp³-hybridized carbons (Fsp3) is 0.455. The summed E-state index contributed by atoms with van der Waals surface area (Å²) in [6, 6.07) is 8.60. The summed E-state index contributed by atoms with van der Waals surface area (Å²) in [5.74, 6) is 1.01. The number of hydrogen-bond acceptors (Lipinski definition) is 0. The third kappa shape index (κ3) is 6.03. The van der Waals surface area contributed by atoms with Crippen molar-refractivity contribution in [3.05, 3.63) is 71.8 Å². The Hall–Kier alpha value is -1.27. The van der Waals surface area contributed by atoms with Gasteiger partial charge < -0.3 is 0 Å². The Balaban J connectivity index is 2.99. The summed E-state index contributed by atoms with van der Waals surface area (Å²) >= 11 is 6.71. The standard InChI is InChI=1S/C22H31Cl/c1-8-9-19(11-10-17(4)22(5,6)7)21(23)20-14-12-18(13-15-20)16(2)3/h8-17,21H,1H2,2-7H3/b11-10-,19-9+. The number of benzene rings is 1.